The zero-order valence-corrected chi connectivity index (χ0v) is 11.2. The molecule has 4 heteroatoms. The fraction of sp³-hybridized carbons (Fsp3) is 0.615. The van der Waals surface area contributed by atoms with E-state index in [1.165, 1.54) is 0 Å². The Kier molecular flexibility index (Phi) is 5.77. The Morgan fingerprint density at radius 2 is 2.24 bits per heavy atom. The van der Waals surface area contributed by atoms with Gasteiger partial charge in [-0.25, -0.2) is 4.98 Å². The molecule has 0 saturated heterocycles. The molecule has 0 saturated carbocycles. The van der Waals surface area contributed by atoms with Gasteiger partial charge >= 0.3 is 0 Å². The van der Waals surface area contributed by atoms with Crippen LogP contribution in [0.2, 0.25) is 0 Å². The van der Waals surface area contributed by atoms with Crippen LogP contribution in [0.1, 0.15) is 20.8 Å². The van der Waals surface area contributed by atoms with Crippen molar-refractivity contribution in [3.05, 3.63) is 18.3 Å². The lowest BCUT2D eigenvalue weighted by Gasteiger charge is -2.21. The first-order valence-electron chi connectivity index (χ1n) is 6.17. The summed E-state index contributed by atoms with van der Waals surface area (Å²) < 4.78 is 5.50. The second-order valence-corrected chi connectivity index (χ2v) is 4.28. The van der Waals surface area contributed by atoms with Crippen LogP contribution < -0.4 is 10.1 Å². The van der Waals surface area contributed by atoms with E-state index in [2.05, 4.69) is 36.1 Å². The van der Waals surface area contributed by atoms with Gasteiger partial charge in [0, 0.05) is 25.3 Å². The predicted molar refractivity (Wildman–Crippen MR) is 71.7 cm³/mol. The molecule has 17 heavy (non-hydrogen) atoms. The third-order valence-electron chi connectivity index (χ3n) is 2.71. The Morgan fingerprint density at radius 3 is 2.88 bits per heavy atom. The lowest BCUT2D eigenvalue weighted by atomic mass is 10.3. The van der Waals surface area contributed by atoms with E-state index in [0.717, 1.165) is 24.7 Å². The molecule has 96 valence electrons. The van der Waals surface area contributed by atoms with Crippen LogP contribution in [0.25, 0.3) is 0 Å². The monoisotopic (exact) mass is 237 g/mol. The van der Waals surface area contributed by atoms with Crippen molar-refractivity contribution in [3.8, 4) is 5.75 Å². The van der Waals surface area contributed by atoms with Crippen molar-refractivity contribution in [3.63, 3.8) is 0 Å². The van der Waals surface area contributed by atoms with E-state index in [1.807, 2.05) is 19.1 Å². The Bertz CT molecular complexity index is 328. The van der Waals surface area contributed by atoms with Crippen LogP contribution in [-0.2, 0) is 0 Å². The fourth-order valence-corrected chi connectivity index (χ4v) is 1.40. The summed E-state index contributed by atoms with van der Waals surface area (Å²) in [6.07, 6.45) is 1.77. The fourth-order valence-electron chi connectivity index (χ4n) is 1.40. The van der Waals surface area contributed by atoms with Gasteiger partial charge in [-0.15, -0.1) is 0 Å². The van der Waals surface area contributed by atoms with E-state index in [0.29, 0.717) is 12.6 Å². The minimum atomic E-state index is 0.562. The van der Waals surface area contributed by atoms with E-state index >= 15 is 0 Å². The summed E-state index contributed by atoms with van der Waals surface area (Å²) in [5.41, 5.74) is 0. The molecule has 4 nitrogen and oxygen atoms in total. The summed E-state index contributed by atoms with van der Waals surface area (Å²) in [4.78, 5) is 6.57. The number of nitrogens with one attached hydrogen (secondary N) is 1. The number of aromatic nitrogens is 1. The first-order valence-corrected chi connectivity index (χ1v) is 6.17. The van der Waals surface area contributed by atoms with Crippen LogP contribution in [-0.4, -0.2) is 42.7 Å². The summed E-state index contributed by atoms with van der Waals surface area (Å²) in [5.74, 6) is 1.65. The number of rotatable bonds is 7. The summed E-state index contributed by atoms with van der Waals surface area (Å²) in [5, 5.41) is 3.31. The van der Waals surface area contributed by atoms with Gasteiger partial charge in [-0.1, -0.05) is 0 Å². The molecule has 0 aliphatic rings. The number of hydrogen-bond acceptors (Lipinski definition) is 4. The third-order valence-corrected chi connectivity index (χ3v) is 2.71. The van der Waals surface area contributed by atoms with E-state index in [9.17, 15) is 0 Å². The molecular weight excluding hydrogens is 214 g/mol. The quantitative estimate of drug-likeness (QED) is 0.789. The van der Waals surface area contributed by atoms with Crippen molar-refractivity contribution in [2.45, 2.75) is 26.8 Å². The van der Waals surface area contributed by atoms with Crippen LogP contribution in [0.3, 0.4) is 0 Å². The molecule has 0 unspecified atom stereocenters. The van der Waals surface area contributed by atoms with E-state index in [1.54, 1.807) is 6.20 Å². The highest BCUT2D eigenvalue weighted by atomic mass is 16.5. The highest BCUT2D eigenvalue weighted by Gasteiger charge is 2.05. The van der Waals surface area contributed by atoms with Gasteiger partial charge in [-0.05, 0) is 40.0 Å². The highest BCUT2D eigenvalue weighted by molar-refractivity contribution is 5.49. The Labute approximate surface area is 104 Å². The second kappa shape index (κ2) is 7.12. The number of ether oxygens (including phenoxy) is 1. The third kappa shape index (κ3) is 4.61. The lowest BCUT2D eigenvalue weighted by Crippen LogP contribution is -2.31. The molecule has 0 bridgehead atoms. The molecular formula is C13H23N3O. The number of pyridine rings is 1. The minimum Gasteiger partial charge on any atom is -0.490 e. The summed E-state index contributed by atoms with van der Waals surface area (Å²) >= 11 is 0. The van der Waals surface area contributed by atoms with Gasteiger partial charge in [0.15, 0.2) is 11.6 Å². The summed E-state index contributed by atoms with van der Waals surface area (Å²) in [7, 11) is 2.12. The number of nitrogens with zero attached hydrogens (tertiary/aromatic N) is 2. The molecule has 1 aromatic heterocycles. The number of likely N-dealkylation sites (N-methyl/N-ethyl adjacent to an activating group) is 1. The molecule has 0 radical (unpaired) electrons. The predicted octanol–water partition coefficient (Wildman–Crippen LogP) is 2.23. The maximum Gasteiger partial charge on any atom is 0.168 e. The molecule has 0 fully saturated rings. The molecule has 0 aliphatic carbocycles. The average molecular weight is 237 g/mol. The Morgan fingerprint density at radius 1 is 1.47 bits per heavy atom. The lowest BCUT2D eigenvalue weighted by molar-refractivity contribution is 0.284. The molecule has 1 N–H and O–H groups in total. The number of anilines is 1. The van der Waals surface area contributed by atoms with Crippen molar-refractivity contribution in [2.75, 3.05) is 32.1 Å². The molecule has 1 aromatic rings. The van der Waals surface area contributed by atoms with Gasteiger partial charge in [-0.2, -0.15) is 0 Å². The molecule has 0 atom stereocenters. The Hall–Kier alpha value is -1.29. The molecule has 0 aromatic carbocycles. The normalized spacial score (nSPS) is 10.9. The highest BCUT2D eigenvalue weighted by Crippen LogP contribution is 2.20. The van der Waals surface area contributed by atoms with Crippen molar-refractivity contribution < 1.29 is 4.74 Å². The van der Waals surface area contributed by atoms with Crippen LogP contribution in [0, 0.1) is 0 Å². The number of hydrogen-bond donors (Lipinski definition) is 1. The molecule has 0 amide bonds. The van der Waals surface area contributed by atoms with Crippen LogP contribution in [0.15, 0.2) is 18.3 Å². The maximum absolute atomic E-state index is 5.50. The smallest absolute Gasteiger partial charge is 0.168 e. The second-order valence-electron chi connectivity index (χ2n) is 4.28. The van der Waals surface area contributed by atoms with Crippen LogP contribution in [0.5, 0.6) is 5.75 Å². The van der Waals surface area contributed by atoms with Crippen LogP contribution in [0.4, 0.5) is 5.82 Å². The largest absolute Gasteiger partial charge is 0.490 e. The molecule has 0 spiro atoms. The zero-order valence-electron chi connectivity index (χ0n) is 11.2. The van der Waals surface area contributed by atoms with Gasteiger partial charge < -0.3 is 15.0 Å². The van der Waals surface area contributed by atoms with E-state index < -0.39 is 0 Å². The van der Waals surface area contributed by atoms with Gasteiger partial charge in [0.2, 0.25) is 0 Å². The average Bonchev–Trinajstić information content (AvgIpc) is 2.31. The van der Waals surface area contributed by atoms with Crippen molar-refractivity contribution in [1.29, 1.82) is 0 Å². The van der Waals surface area contributed by atoms with Gasteiger partial charge in [-0.3, -0.25) is 0 Å². The SMILES string of the molecule is CCOc1cccnc1NCCN(C)C(C)C. The first-order chi connectivity index (χ1) is 8.15. The molecule has 1 heterocycles. The molecule has 0 aliphatic heterocycles. The summed E-state index contributed by atoms with van der Waals surface area (Å²) in [6, 6.07) is 4.38. The van der Waals surface area contributed by atoms with Gasteiger partial charge in [0.05, 0.1) is 6.61 Å². The summed E-state index contributed by atoms with van der Waals surface area (Å²) in [6.45, 7) is 8.86. The minimum absolute atomic E-state index is 0.562. The molecule has 1 rings (SSSR count). The van der Waals surface area contributed by atoms with Crippen molar-refractivity contribution in [2.24, 2.45) is 0 Å². The van der Waals surface area contributed by atoms with Gasteiger partial charge in [0.25, 0.3) is 0 Å². The van der Waals surface area contributed by atoms with Gasteiger partial charge in [0.1, 0.15) is 0 Å². The van der Waals surface area contributed by atoms with E-state index in [-0.39, 0.29) is 0 Å². The topological polar surface area (TPSA) is 37.4 Å². The Balaban J connectivity index is 2.45. The first kappa shape index (κ1) is 13.8. The van der Waals surface area contributed by atoms with Crippen molar-refractivity contribution >= 4 is 5.82 Å². The van der Waals surface area contributed by atoms with E-state index in [4.69, 9.17) is 4.74 Å². The van der Waals surface area contributed by atoms with Crippen molar-refractivity contribution in [1.82, 2.24) is 9.88 Å². The standard InChI is InChI=1S/C13H23N3O/c1-5-17-12-7-6-8-14-13(12)15-9-10-16(4)11(2)3/h6-8,11H,5,9-10H2,1-4H3,(H,14,15). The zero-order chi connectivity index (χ0) is 12.7. The maximum atomic E-state index is 5.50. The van der Waals surface area contributed by atoms with Crippen LogP contribution >= 0.6 is 0 Å².